The van der Waals surface area contributed by atoms with Crippen molar-refractivity contribution in [3.63, 3.8) is 0 Å². The summed E-state index contributed by atoms with van der Waals surface area (Å²) < 4.78 is 0. The van der Waals surface area contributed by atoms with Gasteiger partial charge in [-0.15, -0.1) is 0 Å². The molecule has 3 fully saturated rings. The molecule has 1 amide bonds. The number of anilines is 1. The molecule has 4 heteroatoms. The van der Waals surface area contributed by atoms with Crippen molar-refractivity contribution in [1.82, 2.24) is 4.90 Å². The summed E-state index contributed by atoms with van der Waals surface area (Å²) in [5.74, 6) is 0.355. The monoisotopic (exact) mass is 218 g/mol. The van der Waals surface area contributed by atoms with Gasteiger partial charge in [-0.1, -0.05) is 6.07 Å². The van der Waals surface area contributed by atoms with Crippen LogP contribution < -0.4 is 4.90 Å². The average Bonchev–Trinajstić information content (AvgIpc) is 2.27. The first-order chi connectivity index (χ1) is 7.66. The molecular weight excluding hydrogens is 204 g/mol. The summed E-state index contributed by atoms with van der Waals surface area (Å²) in [7, 11) is 2.00. The van der Waals surface area contributed by atoms with Gasteiger partial charge in [0.05, 0.1) is 6.04 Å². The molecule has 1 N–H and O–H groups in total. The molecule has 2 bridgehead atoms. The van der Waals surface area contributed by atoms with Crippen molar-refractivity contribution >= 4 is 11.6 Å². The van der Waals surface area contributed by atoms with E-state index < -0.39 is 0 Å². The predicted molar refractivity (Wildman–Crippen MR) is 60.4 cm³/mol. The van der Waals surface area contributed by atoms with Gasteiger partial charge in [0.1, 0.15) is 5.75 Å². The van der Waals surface area contributed by atoms with Crippen LogP contribution >= 0.6 is 0 Å². The summed E-state index contributed by atoms with van der Waals surface area (Å²) in [6.45, 7) is 0.731. The number of rotatable bonds is 1. The van der Waals surface area contributed by atoms with Crippen LogP contribution in [-0.4, -0.2) is 41.6 Å². The Hall–Kier alpha value is -1.55. The molecule has 1 aromatic carbocycles. The van der Waals surface area contributed by atoms with Gasteiger partial charge in [0.2, 0.25) is 5.91 Å². The molecule has 0 aromatic heterocycles. The van der Waals surface area contributed by atoms with Crippen molar-refractivity contribution in [1.29, 1.82) is 0 Å². The fourth-order valence-electron chi connectivity index (χ4n) is 2.56. The first-order valence-corrected chi connectivity index (χ1v) is 5.49. The number of phenolic OH excluding ortho intramolecular Hbond substituents is 1. The number of nitrogens with zero attached hydrogens (tertiary/aromatic N) is 2. The van der Waals surface area contributed by atoms with Gasteiger partial charge in [0.15, 0.2) is 0 Å². The van der Waals surface area contributed by atoms with Crippen LogP contribution in [0.4, 0.5) is 5.69 Å². The van der Waals surface area contributed by atoms with Gasteiger partial charge in [-0.3, -0.25) is 9.69 Å². The Morgan fingerprint density at radius 2 is 2.25 bits per heavy atom. The second-order valence-corrected chi connectivity index (χ2v) is 4.54. The van der Waals surface area contributed by atoms with E-state index in [0.717, 1.165) is 18.7 Å². The summed E-state index contributed by atoms with van der Waals surface area (Å²) in [4.78, 5) is 16.0. The predicted octanol–water partition coefficient (Wildman–Crippen LogP) is 0.811. The van der Waals surface area contributed by atoms with Crippen molar-refractivity contribution in [2.75, 3.05) is 18.5 Å². The minimum Gasteiger partial charge on any atom is -0.508 e. The number of hydrogen-bond acceptors (Lipinski definition) is 3. The summed E-state index contributed by atoms with van der Waals surface area (Å²) in [6, 6.07) is 7.41. The highest BCUT2D eigenvalue weighted by Gasteiger charge is 2.48. The smallest absolute Gasteiger partial charge is 0.244 e. The Bertz CT molecular complexity index is 446. The Balaban J connectivity index is 1.89. The van der Waals surface area contributed by atoms with Crippen molar-refractivity contribution < 1.29 is 9.90 Å². The number of likely N-dealkylation sites (N-methyl/N-ethyl adjacent to an activating group) is 1. The topological polar surface area (TPSA) is 43.8 Å². The summed E-state index contributed by atoms with van der Waals surface area (Å²) in [5.41, 5.74) is 0.799. The molecular formula is C12H14N2O2. The number of carbonyl (C=O) groups excluding carboxylic acids is 1. The maximum absolute atomic E-state index is 12.1. The number of piperazine rings is 1. The van der Waals surface area contributed by atoms with Crippen molar-refractivity contribution in [2.24, 2.45) is 0 Å². The minimum atomic E-state index is 0.0427. The molecule has 1 aromatic rings. The van der Waals surface area contributed by atoms with Gasteiger partial charge in [-0.2, -0.15) is 0 Å². The van der Waals surface area contributed by atoms with Crippen LogP contribution in [0.5, 0.6) is 5.75 Å². The van der Waals surface area contributed by atoms with Crippen LogP contribution in [0.1, 0.15) is 6.42 Å². The van der Waals surface area contributed by atoms with Gasteiger partial charge < -0.3 is 10.0 Å². The second kappa shape index (κ2) is 3.22. The lowest BCUT2D eigenvalue weighted by atomic mass is 9.87. The van der Waals surface area contributed by atoms with Crippen LogP contribution in [0.15, 0.2) is 24.3 Å². The third-order valence-electron chi connectivity index (χ3n) is 3.65. The maximum atomic E-state index is 12.1. The number of amides is 1. The van der Waals surface area contributed by atoms with Crippen molar-refractivity contribution in [2.45, 2.75) is 18.5 Å². The van der Waals surface area contributed by atoms with E-state index in [0.29, 0.717) is 6.04 Å². The summed E-state index contributed by atoms with van der Waals surface area (Å²) in [6.07, 6.45) is 0.977. The van der Waals surface area contributed by atoms with Gasteiger partial charge in [0.25, 0.3) is 0 Å². The fraction of sp³-hybridized carbons (Fsp3) is 0.417. The Kier molecular flexibility index (Phi) is 1.94. The first-order valence-electron chi connectivity index (χ1n) is 5.49. The molecule has 84 valence electrons. The highest BCUT2D eigenvalue weighted by molar-refractivity contribution is 5.99. The molecule has 0 spiro atoms. The molecule has 3 heterocycles. The highest BCUT2D eigenvalue weighted by atomic mass is 16.3. The minimum absolute atomic E-state index is 0.0427. The molecule has 0 radical (unpaired) electrons. The normalized spacial score (nSPS) is 29.1. The number of piperidine rings is 1. The fourth-order valence-corrected chi connectivity index (χ4v) is 2.56. The lowest BCUT2D eigenvalue weighted by Crippen LogP contribution is -2.70. The zero-order chi connectivity index (χ0) is 11.3. The van der Waals surface area contributed by atoms with Crippen LogP contribution in [0, 0.1) is 0 Å². The van der Waals surface area contributed by atoms with Crippen LogP contribution in [-0.2, 0) is 4.79 Å². The molecule has 2 atom stereocenters. The van der Waals surface area contributed by atoms with E-state index in [1.54, 1.807) is 23.1 Å². The van der Waals surface area contributed by atoms with E-state index in [2.05, 4.69) is 4.90 Å². The van der Waals surface area contributed by atoms with Gasteiger partial charge in [-0.05, 0) is 25.6 Å². The molecule has 3 saturated heterocycles. The van der Waals surface area contributed by atoms with Crippen LogP contribution in [0.25, 0.3) is 0 Å². The molecule has 4 nitrogen and oxygen atoms in total. The van der Waals surface area contributed by atoms with Crippen LogP contribution in [0.2, 0.25) is 0 Å². The standard InChI is InChI=1S/C12H14N2O2/c1-13-9-6-11(13)12(16)14(7-9)8-3-2-4-10(15)5-8/h2-5,9,11,15H,6-7H2,1H3. The highest BCUT2D eigenvalue weighted by Crippen LogP contribution is 2.34. The zero-order valence-electron chi connectivity index (χ0n) is 9.13. The maximum Gasteiger partial charge on any atom is 0.244 e. The van der Waals surface area contributed by atoms with Crippen molar-refractivity contribution in [3.8, 4) is 5.75 Å². The number of aromatic hydroxyl groups is 1. The quantitative estimate of drug-likeness (QED) is 0.758. The van der Waals surface area contributed by atoms with E-state index in [1.165, 1.54) is 0 Å². The number of carbonyl (C=O) groups is 1. The SMILES string of the molecule is CN1C2CC1C(=O)N(c1cccc(O)c1)C2. The molecule has 3 aliphatic rings. The lowest BCUT2D eigenvalue weighted by molar-refractivity contribution is -0.135. The lowest BCUT2D eigenvalue weighted by Gasteiger charge is -2.53. The number of benzene rings is 1. The Morgan fingerprint density at radius 1 is 1.44 bits per heavy atom. The third-order valence-corrected chi connectivity index (χ3v) is 3.65. The Morgan fingerprint density at radius 3 is 2.88 bits per heavy atom. The largest absolute Gasteiger partial charge is 0.508 e. The number of phenols is 1. The van der Waals surface area contributed by atoms with Crippen molar-refractivity contribution in [3.05, 3.63) is 24.3 Å². The van der Waals surface area contributed by atoms with E-state index in [4.69, 9.17) is 0 Å². The molecule has 3 aliphatic heterocycles. The first kappa shape index (κ1) is 9.66. The molecule has 0 aliphatic carbocycles. The Labute approximate surface area is 94.1 Å². The summed E-state index contributed by atoms with van der Waals surface area (Å²) >= 11 is 0. The van der Waals surface area contributed by atoms with E-state index in [1.807, 2.05) is 13.1 Å². The van der Waals surface area contributed by atoms with Gasteiger partial charge >= 0.3 is 0 Å². The van der Waals surface area contributed by atoms with E-state index in [9.17, 15) is 9.90 Å². The van der Waals surface area contributed by atoms with Gasteiger partial charge in [0, 0.05) is 24.3 Å². The second-order valence-electron chi connectivity index (χ2n) is 4.54. The molecule has 2 unspecified atom stereocenters. The number of fused-ring (bicyclic) bond motifs is 2. The third kappa shape index (κ3) is 1.23. The molecule has 4 rings (SSSR count). The zero-order valence-corrected chi connectivity index (χ0v) is 9.13. The van der Waals surface area contributed by atoms with E-state index >= 15 is 0 Å². The van der Waals surface area contributed by atoms with E-state index in [-0.39, 0.29) is 17.7 Å². The number of hydrogen-bond donors (Lipinski definition) is 1. The van der Waals surface area contributed by atoms with Gasteiger partial charge in [-0.25, -0.2) is 0 Å². The van der Waals surface area contributed by atoms with Crippen LogP contribution in [0.3, 0.4) is 0 Å². The molecule has 16 heavy (non-hydrogen) atoms. The molecule has 0 saturated carbocycles. The summed E-state index contributed by atoms with van der Waals surface area (Å²) in [5, 5.41) is 9.41. The average molecular weight is 218 g/mol.